The summed E-state index contributed by atoms with van der Waals surface area (Å²) in [5.41, 5.74) is 44.5. The quantitative estimate of drug-likeness (QED) is 0.0173. The van der Waals surface area contributed by atoms with Crippen molar-refractivity contribution < 1.29 is 33.6 Å². The second-order valence-corrected chi connectivity index (χ2v) is 18.7. The zero-order chi connectivity index (χ0) is 54.2. The van der Waals surface area contributed by atoms with E-state index in [1.807, 2.05) is 34.6 Å². The van der Waals surface area contributed by atoms with Gasteiger partial charge in [0, 0.05) is 26.2 Å². The van der Waals surface area contributed by atoms with Crippen molar-refractivity contribution in [1.29, 1.82) is 0 Å². The molecule has 25 heteroatoms. The summed E-state index contributed by atoms with van der Waals surface area (Å²) in [5, 5.41) is 19.7. The molecule has 10 atom stereocenters. The molecule has 0 bridgehead atoms. The fraction of sp³-hybridized carbons (Fsp3) is 0.783. The molecule has 0 rings (SSSR count). The molecule has 71 heavy (non-hydrogen) atoms. The molecule has 0 aromatic heterocycles. The number of amides is 7. The van der Waals surface area contributed by atoms with E-state index >= 15 is 0 Å². The van der Waals surface area contributed by atoms with Gasteiger partial charge in [-0.25, -0.2) is 0 Å². The van der Waals surface area contributed by atoms with Crippen LogP contribution in [0.4, 0.5) is 0 Å². The molecule has 0 aromatic rings. The molecule has 0 aliphatic heterocycles. The van der Waals surface area contributed by atoms with Crippen LogP contribution < -0.4 is 83.1 Å². The predicted octanol–water partition coefficient (Wildman–Crippen LogP) is -2.58. The summed E-state index contributed by atoms with van der Waals surface area (Å²) in [4.78, 5) is 109. The third-order valence-corrected chi connectivity index (χ3v) is 12.1. The number of nitrogens with one attached hydrogen (secondary N) is 7. The minimum atomic E-state index is -1.20. The summed E-state index contributed by atoms with van der Waals surface area (Å²) in [5.74, 6) is -5.96. The molecule has 0 saturated carbocycles. The van der Waals surface area contributed by atoms with Gasteiger partial charge in [0.15, 0.2) is 17.9 Å². The molecule has 25 nitrogen and oxygen atoms in total. The Balaban J connectivity index is 6.65. The number of guanidine groups is 3. The standard InChI is InChI=1S/C46H92N18O7/c1-9-27(6)34(62-37(65)30(48)17-14-22-56-44(49)50)42(70)61-33(25-26(4)5)40(68)63-36(29(8)11-3)43(71)64-35(28(7)10-2)41(69)60-32(19-16-24-58-46(53)54)39(67)59-31(18-15-23-57-45(51)52)38(66)55-21-13-12-20-47/h26-36H,9-25,47-48H2,1-8H3,(H,55,66)(H,59,67)(H,60,69)(H,61,70)(H,62,65)(H,63,68)(H,64,71)(H4,49,50,56)(H4,51,52,57)(H4,53,54,58)/t27-,28-,29-,30+,31+,32+,33-,34-,35-,36-/m0/s1. The molecular formula is C46H92N18O7. The van der Waals surface area contributed by atoms with Gasteiger partial charge in [0.1, 0.15) is 36.3 Å². The second-order valence-electron chi connectivity index (χ2n) is 18.7. The van der Waals surface area contributed by atoms with Gasteiger partial charge in [0.25, 0.3) is 0 Å². The van der Waals surface area contributed by atoms with E-state index in [1.54, 1.807) is 20.8 Å². The van der Waals surface area contributed by atoms with Gasteiger partial charge in [-0.05, 0) is 88.0 Å². The molecule has 0 saturated heterocycles. The van der Waals surface area contributed by atoms with Gasteiger partial charge >= 0.3 is 0 Å². The molecule has 23 N–H and O–H groups in total. The van der Waals surface area contributed by atoms with Crippen LogP contribution in [0.1, 0.15) is 132 Å². The Labute approximate surface area is 421 Å². The van der Waals surface area contributed by atoms with E-state index in [1.165, 1.54) is 0 Å². The molecule has 0 aliphatic carbocycles. The summed E-state index contributed by atoms with van der Waals surface area (Å²) in [7, 11) is 0. The van der Waals surface area contributed by atoms with Crippen molar-refractivity contribution in [3.63, 3.8) is 0 Å². The highest BCUT2D eigenvalue weighted by Gasteiger charge is 2.37. The van der Waals surface area contributed by atoms with Crippen LogP contribution in [-0.2, 0) is 33.6 Å². The first-order valence-electron chi connectivity index (χ1n) is 25.2. The topological polar surface area (TPSA) is 449 Å². The van der Waals surface area contributed by atoms with Crippen LogP contribution in [0.5, 0.6) is 0 Å². The Morgan fingerprint density at radius 1 is 0.437 bits per heavy atom. The summed E-state index contributed by atoms with van der Waals surface area (Å²) < 4.78 is 0. The molecule has 0 fully saturated rings. The van der Waals surface area contributed by atoms with Gasteiger partial charge in [-0.2, -0.15) is 0 Å². The Morgan fingerprint density at radius 2 is 0.789 bits per heavy atom. The molecule has 408 valence electrons. The number of carbonyl (C=O) groups is 7. The molecule has 0 radical (unpaired) electrons. The van der Waals surface area contributed by atoms with Gasteiger partial charge in [0.2, 0.25) is 41.4 Å². The van der Waals surface area contributed by atoms with E-state index < -0.39 is 95.5 Å². The monoisotopic (exact) mass is 1010 g/mol. The fourth-order valence-electron chi connectivity index (χ4n) is 7.16. The summed E-state index contributed by atoms with van der Waals surface area (Å²) in [6.07, 6.45) is 4.40. The predicted molar refractivity (Wildman–Crippen MR) is 278 cm³/mol. The fourth-order valence-corrected chi connectivity index (χ4v) is 7.16. The SMILES string of the molecule is CC[C@H](C)[C@H](NC(=O)[C@H](N)CCCN=C(N)N)C(=O)N[C@@H](CC(C)C)C(=O)N[C@H](C(=O)N[C@H](C(=O)N[C@H](CCCN=C(N)N)C(=O)N[C@H](CCCN=C(N)N)C(=O)NCCCCN)[C@@H](C)CC)[C@@H](C)CC. The third kappa shape index (κ3) is 27.3. The van der Waals surface area contributed by atoms with Crippen molar-refractivity contribution in [3.05, 3.63) is 0 Å². The van der Waals surface area contributed by atoms with Crippen LogP contribution >= 0.6 is 0 Å². The Morgan fingerprint density at radius 3 is 1.20 bits per heavy atom. The number of nitrogens with two attached hydrogens (primary N) is 8. The summed E-state index contributed by atoms with van der Waals surface area (Å²) >= 11 is 0. The Hall–Kier alpha value is -5.98. The van der Waals surface area contributed by atoms with Crippen molar-refractivity contribution in [1.82, 2.24) is 37.2 Å². The van der Waals surface area contributed by atoms with Gasteiger partial charge in [-0.15, -0.1) is 0 Å². The van der Waals surface area contributed by atoms with Gasteiger partial charge in [0.05, 0.1) is 6.04 Å². The summed E-state index contributed by atoms with van der Waals surface area (Å²) in [6.45, 7) is 16.0. The van der Waals surface area contributed by atoms with Crippen LogP contribution in [0.15, 0.2) is 15.0 Å². The van der Waals surface area contributed by atoms with Crippen LogP contribution in [0.2, 0.25) is 0 Å². The first kappa shape index (κ1) is 65.0. The lowest BCUT2D eigenvalue weighted by Crippen LogP contribution is -2.62. The number of hydrogen-bond donors (Lipinski definition) is 15. The largest absolute Gasteiger partial charge is 0.370 e. The van der Waals surface area contributed by atoms with E-state index in [4.69, 9.17) is 45.9 Å². The highest BCUT2D eigenvalue weighted by atomic mass is 16.2. The lowest BCUT2D eigenvalue weighted by molar-refractivity contribution is -0.137. The lowest BCUT2D eigenvalue weighted by atomic mass is 9.93. The van der Waals surface area contributed by atoms with Gasteiger partial charge in [-0.1, -0.05) is 74.7 Å². The first-order valence-corrected chi connectivity index (χ1v) is 25.2. The lowest BCUT2D eigenvalue weighted by Gasteiger charge is -2.32. The number of hydrogen-bond acceptors (Lipinski definition) is 12. The Bertz CT molecular complexity index is 1740. The van der Waals surface area contributed by atoms with Crippen LogP contribution in [0, 0.1) is 23.7 Å². The molecule has 0 unspecified atom stereocenters. The van der Waals surface area contributed by atoms with Crippen LogP contribution in [-0.4, -0.2) is 134 Å². The van der Waals surface area contributed by atoms with Crippen molar-refractivity contribution in [2.24, 2.45) is 84.5 Å². The summed E-state index contributed by atoms with van der Waals surface area (Å²) in [6, 6.07) is -7.67. The van der Waals surface area contributed by atoms with E-state index in [2.05, 4.69) is 52.2 Å². The molecule has 0 aromatic carbocycles. The maximum Gasteiger partial charge on any atom is 0.243 e. The van der Waals surface area contributed by atoms with Gasteiger partial charge in [-0.3, -0.25) is 48.5 Å². The molecular weight excluding hydrogens is 917 g/mol. The number of nitrogens with zero attached hydrogens (tertiary/aromatic N) is 3. The Kier molecular flexibility index (Phi) is 33.0. The maximum absolute atomic E-state index is 14.4. The number of unbranched alkanes of at least 4 members (excludes halogenated alkanes) is 1. The normalized spacial score (nSPS) is 15.3. The van der Waals surface area contributed by atoms with E-state index in [0.29, 0.717) is 58.0 Å². The van der Waals surface area contributed by atoms with Crippen molar-refractivity contribution >= 4 is 59.2 Å². The second kappa shape index (κ2) is 36.0. The zero-order valence-corrected chi connectivity index (χ0v) is 43.7. The highest BCUT2D eigenvalue weighted by Crippen LogP contribution is 2.16. The van der Waals surface area contributed by atoms with E-state index in [0.717, 1.165) is 0 Å². The minimum Gasteiger partial charge on any atom is -0.370 e. The van der Waals surface area contributed by atoms with Crippen LogP contribution in [0.25, 0.3) is 0 Å². The molecule has 0 spiro atoms. The average Bonchev–Trinajstić information content (AvgIpc) is 3.31. The van der Waals surface area contributed by atoms with E-state index in [9.17, 15) is 33.6 Å². The third-order valence-electron chi connectivity index (χ3n) is 12.1. The minimum absolute atomic E-state index is 0.0535. The number of rotatable bonds is 37. The maximum atomic E-state index is 14.4. The molecule has 0 aliphatic rings. The first-order chi connectivity index (χ1) is 33.4. The van der Waals surface area contributed by atoms with Crippen molar-refractivity contribution in [2.75, 3.05) is 32.7 Å². The molecule has 0 heterocycles. The van der Waals surface area contributed by atoms with E-state index in [-0.39, 0.29) is 81.5 Å². The number of aliphatic imine (C=N–C) groups is 3. The average molecular weight is 1010 g/mol. The molecule has 7 amide bonds. The van der Waals surface area contributed by atoms with Gasteiger partial charge < -0.3 is 83.1 Å². The highest BCUT2D eigenvalue weighted by molar-refractivity contribution is 5.97. The van der Waals surface area contributed by atoms with Crippen LogP contribution in [0.3, 0.4) is 0 Å². The number of carbonyl (C=O) groups excluding carboxylic acids is 7. The van der Waals surface area contributed by atoms with Crippen molar-refractivity contribution in [2.45, 2.75) is 175 Å². The van der Waals surface area contributed by atoms with Crippen molar-refractivity contribution in [3.8, 4) is 0 Å². The smallest absolute Gasteiger partial charge is 0.243 e. The zero-order valence-electron chi connectivity index (χ0n) is 43.7.